The van der Waals surface area contributed by atoms with Crippen molar-refractivity contribution in [3.63, 3.8) is 0 Å². The van der Waals surface area contributed by atoms with Crippen molar-refractivity contribution < 1.29 is 13.6 Å². The number of hydrogen-bond donors (Lipinski definition) is 1. The number of benzene rings is 1. The Labute approximate surface area is 117 Å². The summed E-state index contributed by atoms with van der Waals surface area (Å²) in [7, 11) is 0. The molecule has 1 saturated carbocycles. The van der Waals surface area contributed by atoms with E-state index in [2.05, 4.69) is 5.32 Å². The quantitative estimate of drug-likeness (QED) is 0.903. The maximum atomic E-state index is 14.0. The molecule has 1 unspecified atom stereocenters. The largest absolute Gasteiger partial charge is 0.319 e. The van der Waals surface area contributed by atoms with Gasteiger partial charge in [-0.2, -0.15) is 0 Å². The van der Waals surface area contributed by atoms with Gasteiger partial charge in [0.05, 0.1) is 6.54 Å². The lowest BCUT2D eigenvalue weighted by atomic mass is 9.93. The van der Waals surface area contributed by atoms with Gasteiger partial charge in [0.1, 0.15) is 17.8 Å². The first-order valence-corrected chi connectivity index (χ1v) is 7.16. The molecule has 3 nitrogen and oxygen atoms in total. The fourth-order valence-electron chi connectivity index (χ4n) is 3.27. The maximum absolute atomic E-state index is 14.0. The van der Waals surface area contributed by atoms with Crippen LogP contribution in [0.2, 0.25) is 0 Å². The molecule has 1 aromatic carbocycles. The summed E-state index contributed by atoms with van der Waals surface area (Å²) in [5, 5.41) is 3.04. The Kier molecular flexibility index (Phi) is 3.70. The fourth-order valence-corrected chi connectivity index (χ4v) is 3.27. The van der Waals surface area contributed by atoms with E-state index in [1.54, 1.807) is 4.90 Å². The summed E-state index contributed by atoms with van der Waals surface area (Å²) in [6, 6.07) is 3.71. The Balaban J connectivity index is 1.88. The SMILES string of the molecule is O=C1CNC(c2ccc(F)cc2F)N1C1CCCCC1. The molecule has 1 amide bonds. The molecule has 0 radical (unpaired) electrons. The molecule has 0 aromatic heterocycles. The molecule has 1 aliphatic carbocycles. The minimum absolute atomic E-state index is 0.00521. The zero-order valence-corrected chi connectivity index (χ0v) is 11.2. The van der Waals surface area contributed by atoms with Crippen LogP contribution in [0.4, 0.5) is 8.78 Å². The zero-order chi connectivity index (χ0) is 14.1. The van der Waals surface area contributed by atoms with E-state index >= 15 is 0 Å². The lowest BCUT2D eigenvalue weighted by Gasteiger charge is -2.35. The van der Waals surface area contributed by atoms with Gasteiger partial charge in [-0.05, 0) is 25.0 Å². The van der Waals surface area contributed by atoms with Crippen molar-refractivity contribution in [3.05, 3.63) is 35.4 Å². The van der Waals surface area contributed by atoms with Gasteiger partial charge in [-0.25, -0.2) is 8.78 Å². The molecule has 0 spiro atoms. The van der Waals surface area contributed by atoms with Gasteiger partial charge in [-0.1, -0.05) is 19.3 Å². The lowest BCUT2D eigenvalue weighted by Crippen LogP contribution is -2.41. The molecule has 20 heavy (non-hydrogen) atoms. The second-order valence-electron chi connectivity index (χ2n) is 5.54. The van der Waals surface area contributed by atoms with Gasteiger partial charge < -0.3 is 4.90 Å². The maximum Gasteiger partial charge on any atom is 0.238 e. The van der Waals surface area contributed by atoms with Crippen LogP contribution in [-0.2, 0) is 4.79 Å². The number of halogens is 2. The summed E-state index contributed by atoms with van der Waals surface area (Å²) >= 11 is 0. The molecule has 0 bridgehead atoms. The molecule has 1 N–H and O–H groups in total. The Morgan fingerprint density at radius 3 is 2.60 bits per heavy atom. The minimum atomic E-state index is -0.599. The number of rotatable bonds is 2. The van der Waals surface area contributed by atoms with Gasteiger partial charge in [-0.3, -0.25) is 10.1 Å². The highest BCUT2D eigenvalue weighted by Gasteiger charge is 2.38. The highest BCUT2D eigenvalue weighted by Crippen LogP contribution is 2.32. The average Bonchev–Trinajstić information content (AvgIpc) is 2.81. The van der Waals surface area contributed by atoms with Crippen molar-refractivity contribution in [1.29, 1.82) is 0 Å². The smallest absolute Gasteiger partial charge is 0.238 e. The Bertz CT molecular complexity index is 515. The van der Waals surface area contributed by atoms with Crippen LogP contribution in [0.3, 0.4) is 0 Å². The monoisotopic (exact) mass is 280 g/mol. The van der Waals surface area contributed by atoms with Gasteiger partial charge in [0.2, 0.25) is 5.91 Å². The van der Waals surface area contributed by atoms with Crippen LogP contribution in [0, 0.1) is 11.6 Å². The summed E-state index contributed by atoms with van der Waals surface area (Å²) in [5.74, 6) is -1.19. The molecule has 3 rings (SSSR count). The number of carbonyl (C=O) groups excluding carboxylic acids is 1. The van der Waals surface area contributed by atoms with Crippen LogP contribution in [0.25, 0.3) is 0 Å². The van der Waals surface area contributed by atoms with E-state index in [0.29, 0.717) is 5.56 Å². The third-order valence-electron chi connectivity index (χ3n) is 4.24. The minimum Gasteiger partial charge on any atom is -0.319 e. The molecule has 2 fully saturated rings. The van der Waals surface area contributed by atoms with Crippen LogP contribution >= 0.6 is 0 Å². The summed E-state index contributed by atoms with van der Waals surface area (Å²) < 4.78 is 27.0. The molecular weight excluding hydrogens is 262 g/mol. The molecule has 5 heteroatoms. The van der Waals surface area contributed by atoms with Crippen LogP contribution in [0.5, 0.6) is 0 Å². The van der Waals surface area contributed by atoms with Gasteiger partial charge in [0.25, 0.3) is 0 Å². The van der Waals surface area contributed by atoms with Gasteiger partial charge in [0.15, 0.2) is 0 Å². The highest BCUT2D eigenvalue weighted by atomic mass is 19.1. The Hall–Kier alpha value is -1.49. The first-order valence-electron chi connectivity index (χ1n) is 7.16. The van der Waals surface area contributed by atoms with Crippen LogP contribution in [0.15, 0.2) is 18.2 Å². The molecule has 1 aliphatic heterocycles. The highest BCUT2D eigenvalue weighted by molar-refractivity contribution is 5.81. The molecule has 1 heterocycles. The van der Waals surface area contributed by atoms with Crippen molar-refractivity contribution in [2.45, 2.75) is 44.3 Å². The average molecular weight is 280 g/mol. The first kappa shape index (κ1) is 13.5. The van der Waals surface area contributed by atoms with E-state index in [-0.39, 0.29) is 18.5 Å². The van der Waals surface area contributed by atoms with Gasteiger partial charge in [-0.15, -0.1) is 0 Å². The summed E-state index contributed by atoms with van der Waals surface area (Å²) in [4.78, 5) is 13.9. The van der Waals surface area contributed by atoms with Gasteiger partial charge in [0, 0.05) is 17.7 Å². The molecule has 108 valence electrons. The molecular formula is C15H18F2N2O. The van der Waals surface area contributed by atoms with E-state index in [1.807, 2.05) is 0 Å². The van der Waals surface area contributed by atoms with E-state index in [9.17, 15) is 13.6 Å². The number of carbonyl (C=O) groups is 1. The van der Waals surface area contributed by atoms with E-state index in [1.165, 1.54) is 18.6 Å². The summed E-state index contributed by atoms with van der Waals surface area (Å²) in [5.41, 5.74) is 0.350. The summed E-state index contributed by atoms with van der Waals surface area (Å²) in [6.45, 7) is 0.220. The standard InChI is InChI=1S/C15H18F2N2O/c16-10-6-7-12(13(17)8-10)15-18-9-14(20)19(15)11-4-2-1-3-5-11/h6-8,11,15,18H,1-5,9H2. The van der Waals surface area contributed by atoms with E-state index < -0.39 is 17.8 Å². The predicted molar refractivity (Wildman–Crippen MR) is 70.8 cm³/mol. The molecule has 1 atom stereocenters. The van der Waals surface area contributed by atoms with E-state index in [0.717, 1.165) is 31.7 Å². The summed E-state index contributed by atoms with van der Waals surface area (Å²) in [6.07, 6.45) is 4.87. The van der Waals surface area contributed by atoms with Crippen molar-refractivity contribution in [1.82, 2.24) is 10.2 Å². The number of amides is 1. The van der Waals surface area contributed by atoms with Crippen LogP contribution in [0.1, 0.15) is 43.8 Å². The molecule has 1 saturated heterocycles. The van der Waals surface area contributed by atoms with Crippen LogP contribution < -0.4 is 5.32 Å². The second-order valence-corrected chi connectivity index (χ2v) is 5.54. The van der Waals surface area contributed by atoms with Crippen molar-refractivity contribution >= 4 is 5.91 Å². The van der Waals surface area contributed by atoms with Crippen molar-refractivity contribution in [2.75, 3.05) is 6.54 Å². The van der Waals surface area contributed by atoms with Crippen LogP contribution in [-0.4, -0.2) is 23.4 Å². The van der Waals surface area contributed by atoms with Crippen molar-refractivity contribution in [3.8, 4) is 0 Å². The zero-order valence-electron chi connectivity index (χ0n) is 11.2. The van der Waals surface area contributed by atoms with Crippen molar-refractivity contribution in [2.24, 2.45) is 0 Å². The number of hydrogen-bond acceptors (Lipinski definition) is 2. The van der Waals surface area contributed by atoms with Gasteiger partial charge >= 0.3 is 0 Å². The number of nitrogens with zero attached hydrogens (tertiary/aromatic N) is 1. The molecule has 1 aromatic rings. The van der Waals surface area contributed by atoms with E-state index in [4.69, 9.17) is 0 Å². The normalized spacial score (nSPS) is 24.4. The third kappa shape index (κ3) is 2.42. The fraction of sp³-hybridized carbons (Fsp3) is 0.533. The number of nitrogens with one attached hydrogen (secondary N) is 1. The third-order valence-corrected chi connectivity index (χ3v) is 4.24. The second kappa shape index (κ2) is 5.48. The first-order chi connectivity index (χ1) is 9.66. The lowest BCUT2D eigenvalue weighted by molar-refractivity contribution is -0.131. The Morgan fingerprint density at radius 1 is 1.15 bits per heavy atom. The predicted octanol–water partition coefficient (Wildman–Crippen LogP) is 2.73. The topological polar surface area (TPSA) is 32.3 Å². The molecule has 2 aliphatic rings. The Morgan fingerprint density at radius 2 is 1.90 bits per heavy atom.